The van der Waals surface area contributed by atoms with E-state index in [0.717, 1.165) is 29.7 Å². The summed E-state index contributed by atoms with van der Waals surface area (Å²) in [5.74, 6) is 0.775. The third-order valence-corrected chi connectivity index (χ3v) is 5.59. The first-order chi connectivity index (χ1) is 14.0. The van der Waals surface area contributed by atoms with E-state index >= 15 is 0 Å². The highest BCUT2D eigenvalue weighted by Gasteiger charge is 2.23. The number of hydrogen-bond acceptors (Lipinski definition) is 3. The third kappa shape index (κ3) is 5.17. The average Bonchev–Trinajstić information content (AvgIpc) is 3.00. The van der Waals surface area contributed by atoms with Crippen molar-refractivity contribution in [3.05, 3.63) is 64.7 Å². The van der Waals surface area contributed by atoms with Gasteiger partial charge in [-0.1, -0.05) is 31.2 Å². The summed E-state index contributed by atoms with van der Waals surface area (Å²) in [4.78, 5) is 29.2. The molecule has 1 fully saturated rings. The van der Waals surface area contributed by atoms with Crippen molar-refractivity contribution in [2.24, 2.45) is 0 Å². The largest absolute Gasteiger partial charge is 0.483 e. The van der Waals surface area contributed by atoms with Crippen molar-refractivity contribution in [3.63, 3.8) is 0 Å². The normalized spacial score (nSPS) is 14.4. The summed E-state index contributed by atoms with van der Waals surface area (Å²) in [6, 6.07) is 13.6. The van der Waals surface area contributed by atoms with Crippen LogP contribution in [-0.2, 0) is 11.2 Å². The van der Waals surface area contributed by atoms with Gasteiger partial charge in [-0.15, -0.1) is 0 Å². The van der Waals surface area contributed by atoms with Crippen LogP contribution in [0.3, 0.4) is 0 Å². The first-order valence-corrected chi connectivity index (χ1v) is 10.3. The van der Waals surface area contributed by atoms with E-state index < -0.39 is 0 Å². The molecular weight excluding hydrogens is 364 g/mol. The highest BCUT2D eigenvalue weighted by molar-refractivity contribution is 5.94. The van der Waals surface area contributed by atoms with Gasteiger partial charge in [-0.05, 0) is 61.6 Å². The van der Waals surface area contributed by atoms with Crippen LogP contribution in [0.15, 0.2) is 42.5 Å². The molecule has 154 valence electrons. The van der Waals surface area contributed by atoms with Crippen LogP contribution in [0.1, 0.15) is 40.4 Å². The molecule has 3 rings (SSSR count). The van der Waals surface area contributed by atoms with E-state index in [1.165, 1.54) is 5.56 Å². The first kappa shape index (κ1) is 20.9. The molecular formula is C24H30N2O3. The second-order valence-corrected chi connectivity index (χ2v) is 7.58. The summed E-state index contributed by atoms with van der Waals surface area (Å²) in [6.07, 6.45) is 1.64. The Morgan fingerprint density at radius 1 is 0.931 bits per heavy atom. The molecule has 2 amide bonds. The minimum Gasteiger partial charge on any atom is -0.483 e. The zero-order valence-corrected chi connectivity index (χ0v) is 17.6. The Morgan fingerprint density at radius 3 is 2.41 bits per heavy atom. The maximum absolute atomic E-state index is 12.9. The number of carbonyl (C=O) groups excluding carboxylic acids is 2. The van der Waals surface area contributed by atoms with Gasteiger partial charge in [0.15, 0.2) is 6.61 Å². The summed E-state index contributed by atoms with van der Waals surface area (Å²) in [5.41, 5.74) is 4.11. The van der Waals surface area contributed by atoms with Gasteiger partial charge >= 0.3 is 0 Å². The van der Waals surface area contributed by atoms with Gasteiger partial charge in [-0.3, -0.25) is 9.59 Å². The van der Waals surface area contributed by atoms with Crippen LogP contribution in [0.4, 0.5) is 0 Å². The predicted octanol–water partition coefficient (Wildman–Crippen LogP) is 3.62. The van der Waals surface area contributed by atoms with Crippen molar-refractivity contribution >= 4 is 11.8 Å². The van der Waals surface area contributed by atoms with E-state index in [1.807, 2.05) is 66.1 Å². The van der Waals surface area contributed by atoms with Gasteiger partial charge in [-0.25, -0.2) is 0 Å². The van der Waals surface area contributed by atoms with Gasteiger partial charge in [0.25, 0.3) is 11.8 Å². The van der Waals surface area contributed by atoms with E-state index in [1.54, 1.807) is 0 Å². The molecule has 1 aliphatic rings. The summed E-state index contributed by atoms with van der Waals surface area (Å²) in [7, 11) is 0. The monoisotopic (exact) mass is 394 g/mol. The summed E-state index contributed by atoms with van der Waals surface area (Å²) in [5, 5.41) is 0. The van der Waals surface area contributed by atoms with Crippen molar-refractivity contribution in [2.75, 3.05) is 32.8 Å². The van der Waals surface area contributed by atoms with Crippen LogP contribution < -0.4 is 4.74 Å². The number of hydrogen-bond donors (Lipinski definition) is 0. The van der Waals surface area contributed by atoms with E-state index in [-0.39, 0.29) is 18.4 Å². The third-order valence-electron chi connectivity index (χ3n) is 5.59. The molecule has 29 heavy (non-hydrogen) atoms. The van der Waals surface area contributed by atoms with Crippen molar-refractivity contribution < 1.29 is 14.3 Å². The minimum atomic E-state index is -0.0311. The fourth-order valence-electron chi connectivity index (χ4n) is 3.59. The lowest BCUT2D eigenvalue weighted by atomic mass is 10.1. The first-order valence-electron chi connectivity index (χ1n) is 10.3. The zero-order valence-electron chi connectivity index (χ0n) is 17.6. The number of aryl methyl sites for hydroxylation is 3. The number of rotatable bonds is 5. The molecule has 0 bridgehead atoms. The van der Waals surface area contributed by atoms with E-state index in [9.17, 15) is 9.59 Å². The summed E-state index contributed by atoms with van der Waals surface area (Å²) in [6.45, 7) is 8.55. The molecule has 0 unspecified atom stereocenters. The number of amides is 2. The van der Waals surface area contributed by atoms with Gasteiger partial charge in [0.05, 0.1) is 0 Å². The summed E-state index contributed by atoms with van der Waals surface area (Å²) >= 11 is 0. The molecule has 1 heterocycles. The Morgan fingerprint density at radius 2 is 1.66 bits per heavy atom. The molecule has 0 aliphatic carbocycles. The Hall–Kier alpha value is -2.82. The van der Waals surface area contributed by atoms with Crippen LogP contribution in [0.2, 0.25) is 0 Å². The fraction of sp³-hybridized carbons (Fsp3) is 0.417. The molecule has 1 saturated heterocycles. The Labute approximate surface area is 173 Å². The average molecular weight is 395 g/mol. The van der Waals surface area contributed by atoms with Crippen LogP contribution in [0, 0.1) is 13.8 Å². The lowest BCUT2D eigenvalue weighted by Gasteiger charge is -2.23. The van der Waals surface area contributed by atoms with E-state index in [4.69, 9.17) is 4.74 Å². The molecule has 2 aromatic carbocycles. The molecule has 2 aromatic rings. The van der Waals surface area contributed by atoms with Crippen LogP contribution in [-0.4, -0.2) is 54.4 Å². The quantitative estimate of drug-likeness (QED) is 0.778. The van der Waals surface area contributed by atoms with Crippen LogP contribution >= 0.6 is 0 Å². The number of para-hydroxylation sites is 1. The van der Waals surface area contributed by atoms with Crippen molar-refractivity contribution in [3.8, 4) is 5.75 Å². The van der Waals surface area contributed by atoms with E-state index in [0.29, 0.717) is 31.7 Å². The minimum absolute atomic E-state index is 0.0299. The van der Waals surface area contributed by atoms with Crippen LogP contribution in [0.25, 0.3) is 0 Å². The molecule has 0 spiro atoms. The molecule has 0 radical (unpaired) electrons. The Kier molecular flexibility index (Phi) is 6.91. The highest BCUT2D eigenvalue weighted by Crippen LogP contribution is 2.19. The number of nitrogens with zero attached hydrogens (tertiary/aromatic N) is 2. The van der Waals surface area contributed by atoms with Gasteiger partial charge in [0, 0.05) is 31.7 Å². The molecule has 1 aliphatic heterocycles. The molecule has 0 atom stereocenters. The molecule has 0 saturated carbocycles. The number of carbonyl (C=O) groups is 2. The van der Waals surface area contributed by atoms with Crippen molar-refractivity contribution in [1.29, 1.82) is 0 Å². The molecule has 5 nitrogen and oxygen atoms in total. The fourth-order valence-corrected chi connectivity index (χ4v) is 3.59. The lowest BCUT2D eigenvalue weighted by Crippen LogP contribution is -2.39. The standard InChI is InChI=1S/C24H30N2O3/c1-4-20-8-5-6-9-22(20)29-17-23(27)25-12-7-13-26(15-14-25)24(28)21-11-10-18(2)19(3)16-21/h5-6,8-11,16H,4,7,12-15,17H2,1-3H3. The second kappa shape index (κ2) is 9.59. The molecule has 5 heteroatoms. The highest BCUT2D eigenvalue weighted by atomic mass is 16.5. The van der Waals surface area contributed by atoms with Crippen molar-refractivity contribution in [2.45, 2.75) is 33.6 Å². The maximum Gasteiger partial charge on any atom is 0.260 e. The number of benzene rings is 2. The zero-order chi connectivity index (χ0) is 20.8. The van der Waals surface area contributed by atoms with E-state index in [2.05, 4.69) is 6.92 Å². The molecule has 0 aromatic heterocycles. The topological polar surface area (TPSA) is 49.9 Å². The smallest absolute Gasteiger partial charge is 0.260 e. The van der Waals surface area contributed by atoms with Gasteiger partial charge in [0.1, 0.15) is 5.75 Å². The van der Waals surface area contributed by atoms with Crippen molar-refractivity contribution in [1.82, 2.24) is 9.80 Å². The number of ether oxygens (including phenoxy) is 1. The van der Waals surface area contributed by atoms with Gasteiger partial charge in [-0.2, -0.15) is 0 Å². The summed E-state index contributed by atoms with van der Waals surface area (Å²) < 4.78 is 5.78. The predicted molar refractivity (Wildman–Crippen MR) is 114 cm³/mol. The van der Waals surface area contributed by atoms with Gasteiger partial charge in [0.2, 0.25) is 0 Å². The SMILES string of the molecule is CCc1ccccc1OCC(=O)N1CCCN(C(=O)c2ccc(C)c(C)c2)CC1. The lowest BCUT2D eigenvalue weighted by molar-refractivity contribution is -0.133. The van der Waals surface area contributed by atoms with Gasteiger partial charge < -0.3 is 14.5 Å². The second-order valence-electron chi connectivity index (χ2n) is 7.58. The Bertz CT molecular complexity index is 878. The maximum atomic E-state index is 12.9. The Balaban J connectivity index is 1.56. The van der Waals surface area contributed by atoms with Crippen LogP contribution in [0.5, 0.6) is 5.75 Å². The molecule has 0 N–H and O–H groups in total.